The molecule has 0 bridgehead atoms. The third-order valence-electron chi connectivity index (χ3n) is 3.13. The molecule has 0 radical (unpaired) electrons. The van der Waals surface area contributed by atoms with Crippen molar-refractivity contribution in [1.29, 1.82) is 0 Å². The topological polar surface area (TPSA) is 58.2 Å². The van der Waals surface area contributed by atoms with Crippen molar-refractivity contribution in [2.24, 2.45) is 5.41 Å². The fraction of sp³-hybridized carbons (Fsp3) is 0.625. The van der Waals surface area contributed by atoms with Crippen LogP contribution in [-0.4, -0.2) is 21.5 Å². The molecule has 1 aromatic carbocycles. The lowest BCUT2D eigenvalue weighted by atomic mass is 9.93. The Morgan fingerprint density at radius 2 is 1.86 bits per heavy atom. The molecule has 21 heavy (non-hydrogen) atoms. The number of benzene rings is 1. The van der Waals surface area contributed by atoms with Gasteiger partial charge < -0.3 is 5.32 Å². The number of sulfonamides is 1. The first-order valence-corrected chi connectivity index (χ1v) is 9.02. The standard InChI is InChI=1S/C16H28N2O2S/c1-5-10-17-13-14-7-6-8-15(12-14)21(19,20)18-11-9-16(2,3)4/h6-8,12,17-18H,5,9-11,13H2,1-4H3. The van der Waals surface area contributed by atoms with Gasteiger partial charge in [-0.25, -0.2) is 13.1 Å². The van der Waals surface area contributed by atoms with Gasteiger partial charge in [-0.15, -0.1) is 0 Å². The molecule has 0 fully saturated rings. The Morgan fingerprint density at radius 3 is 2.48 bits per heavy atom. The molecule has 1 aromatic rings. The van der Waals surface area contributed by atoms with Crippen LogP contribution in [0.4, 0.5) is 0 Å². The molecular weight excluding hydrogens is 284 g/mol. The molecule has 0 aliphatic rings. The van der Waals surface area contributed by atoms with Gasteiger partial charge in [-0.05, 0) is 42.5 Å². The summed E-state index contributed by atoms with van der Waals surface area (Å²) < 4.78 is 27.2. The van der Waals surface area contributed by atoms with E-state index >= 15 is 0 Å². The molecule has 0 unspecified atom stereocenters. The van der Waals surface area contributed by atoms with Crippen molar-refractivity contribution in [2.45, 2.75) is 52.0 Å². The largest absolute Gasteiger partial charge is 0.313 e. The first-order chi connectivity index (χ1) is 9.74. The van der Waals surface area contributed by atoms with E-state index in [2.05, 4.69) is 37.7 Å². The molecule has 1 rings (SSSR count). The minimum atomic E-state index is -3.41. The van der Waals surface area contributed by atoms with Crippen LogP contribution in [0.3, 0.4) is 0 Å². The highest BCUT2D eigenvalue weighted by Gasteiger charge is 2.16. The predicted molar refractivity (Wildman–Crippen MR) is 87.7 cm³/mol. The zero-order chi connectivity index (χ0) is 15.9. The van der Waals surface area contributed by atoms with E-state index in [1.165, 1.54) is 0 Å². The summed E-state index contributed by atoms with van der Waals surface area (Å²) in [5, 5.41) is 3.28. The highest BCUT2D eigenvalue weighted by atomic mass is 32.2. The maximum absolute atomic E-state index is 12.3. The molecule has 0 heterocycles. The number of rotatable bonds is 8. The van der Waals surface area contributed by atoms with Crippen LogP contribution in [-0.2, 0) is 16.6 Å². The zero-order valence-electron chi connectivity index (χ0n) is 13.6. The Balaban J connectivity index is 2.67. The van der Waals surface area contributed by atoms with Gasteiger partial charge in [0.15, 0.2) is 0 Å². The van der Waals surface area contributed by atoms with Crippen molar-refractivity contribution in [2.75, 3.05) is 13.1 Å². The van der Waals surface area contributed by atoms with E-state index < -0.39 is 10.0 Å². The summed E-state index contributed by atoms with van der Waals surface area (Å²) in [6.07, 6.45) is 1.87. The molecule has 0 aliphatic carbocycles. The Hall–Kier alpha value is -0.910. The predicted octanol–water partition coefficient (Wildman–Crippen LogP) is 2.90. The lowest BCUT2D eigenvalue weighted by molar-refractivity contribution is 0.378. The van der Waals surface area contributed by atoms with Gasteiger partial charge in [-0.2, -0.15) is 0 Å². The molecule has 0 aliphatic heterocycles. The van der Waals surface area contributed by atoms with E-state index in [1.54, 1.807) is 18.2 Å². The van der Waals surface area contributed by atoms with Crippen molar-refractivity contribution >= 4 is 10.0 Å². The molecule has 0 saturated carbocycles. The molecular formula is C16H28N2O2S. The number of hydrogen-bond donors (Lipinski definition) is 2. The molecule has 0 amide bonds. The maximum Gasteiger partial charge on any atom is 0.240 e. The van der Waals surface area contributed by atoms with Crippen LogP contribution in [0.1, 0.15) is 46.1 Å². The van der Waals surface area contributed by atoms with Gasteiger partial charge in [0.2, 0.25) is 10.0 Å². The quantitative estimate of drug-likeness (QED) is 0.726. The van der Waals surface area contributed by atoms with E-state index in [0.717, 1.165) is 24.9 Å². The second-order valence-electron chi connectivity index (χ2n) is 6.53. The Morgan fingerprint density at radius 1 is 1.14 bits per heavy atom. The van der Waals surface area contributed by atoms with Crippen molar-refractivity contribution < 1.29 is 8.42 Å². The first kappa shape index (κ1) is 18.1. The van der Waals surface area contributed by atoms with E-state index in [4.69, 9.17) is 0 Å². The Bertz CT molecular complexity index is 533. The summed E-state index contributed by atoms with van der Waals surface area (Å²) in [6.45, 7) is 10.5. The second kappa shape index (κ2) is 7.92. The molecule has 0 spiro atoms. The van der Waals surface area contributed by atoms with Gasteiger partial charge >= 0.3 is 0 Å². The molecule has 5 heteroatoms. The van der Waals surface area contributed by atoms with Crippen molar-refractivity contribution in [3.05, 3.63) is 29.8 Å². The lowest BCUT2D eigenvalue weighted by Gasteiger charge is -2.18. The zero-order valence-corrected chi connectivity index (χ0v) is 14.4. The van der Waals surface area contributed by atoms with Crippen molar-refractivity contribution in [3.8, 4) is 0 Å². The molecule has 0 aromatic heterocycles. The van der Waals surface area contributed by atoms with E-state index in [0.29, 0.717) is 18.0 Å². The number of hydrogen-bond acceptors (Lipinski definition) is 3. The average Bonchev–Trinajstić information content (AvgIpc) is 2.37. The fourth-order valence-electron chi connectivity index (χ4n) is 1.88. The fourth-order valence-corrected chi connectivity index (χ4v) is 2.98. The SMILES string of the molecule is CCCNCc1cccc(S(=O)(=O)NCCC(C)(C)C)c1. The lowest BCUT2D eigenvalue weighted by Crippen LogP contribution is -2.27. The highest BCUT2D eigenvalue weighted by molar-refractivity contribution is 7.89. The van der Waals surface area contributed by atoms with Crippen molar-refractivity contribution in [1.82, 2.24) is 10.0 Å². The summed E-state index contributed by atoms with van der Waals surface area (Å²) in [6, 6.07) is 7.11. The summed E-state index contributed by atoms with van der Waals surface area (Å²) in [5.74, 6) is 0. The van der Waals surface area contributed by atoms with Gasteiger partial charge in [0.1, 0.15) is 0 Å². The van der Waals surface area contributed by atoms with Crippen LogP contribution in [0.2, 0.25) is 0 Å². The van der Waals surface area contributed by atoms with Crippen molar-refractivity contribution in [3.63, 3.8) is 0 Å². The third kappa shape index (κ3) is 7.07. The first-order valence-electron chi connectivity index (χ1n) is 7.54. The molecule has 2 N–H and O–H groups in total. The Labute approximate surface area is 129 Å². The molecule has 120 valence electrons. The third-order valence-corrected chi connectivity index (χ3v) is 4.59. The summed E-state index contributed by atoms with van der Waals surface area (Å²) in [4.78, 5) is 0.340. The van der Waals surface area contributed by atoms with Gasteiger partial charge in [-0.3, -0.25) is 0 Å². The molecule has 4 nitrogen and oxygen atoms in total. The molecule has 0 saturated heterocycles. The number of nitrogens with one attached hydrogen (secondary N) is 2. The van der Waals surface area contributed by atoms with Crippen LogP contribution in [0.15, 0.2) is 29.2 Å². The van der Waals surface area contributed by atoms with E-state index in [9.17, 15) is 8.42 Å². The Kier molecular flexibility index (Phi) is 6.84. The normalized spacial score (nSPS) is 12.6. The van der Waals surface area contributed by atoms with Crippen LogP contribution < -0.4 is 10.0 Å². The average molecular weight is 312 g/mol. The van der Waals surface area contributed by atoms with Gasteiger partial charge in [-0.1, -0.05) is 39.8 Å². The minimum absolute atomic E-state index is 0.119. The van der Waals surface area contributed by atoms with Crippen LogP contribution in [0.25, 0.3) is 0 Å². The monoisotopic (exact) mass is 312 g/mol. The summed E-state index contributed by atoms with van der Waals surface area (Å²) in [5.41, 5.74) is 1.11. The van der Waals surface area contributed by atoms with Gasteiger partial charge in [0.05, 0.1) is 4.90 Å². The smallest absolute Gasteiger partial charge is 0.240 e. The van der Waals surface area contributed by atoms with Crippen LogP contribution >= 0.6 is 0 Å². The molecule has 0 atom stereocenters. The van der Waals surface area contributed by atoms with Gasteiger partial charge in [0.25, 0.3) is 0 Å². The maximum atomic E-state index is 12.3. The van der Waals surface area contributed by atoms with E-state index in [-0.39, 0.29) is 5.41 Å². The second-order valence-corrected chi connectivity index (χ2v) is 8.30. The minimum Gasteiger partial charge on any atom is -0.313 e. The highest BCUT2D eigenvalue weighted by Crippen LogP contribution is 2.18. The summed E-state index contributed by atoms with van der Waals surface area (Å²) in [7, 11) is -3.41. The van der Waals surface area contributed by atoms with E-state index in [1.807, 2.05) is 6.07 Å². The van der Waals surface area contributed by atoms with Gasteiger partial charge in [0, 0.05) is 13.1 Å². The van der Waals surface area contributed by atoms with Crippen LogP contribution in [0, 0.1) is 5.41 Å². The van der Waals surface area contributed by atoms with Crippen LogP contribution in [0.5, 0.6) is 0 Å². The summed E-state index contributed by atoms with van der Waals surface area (Å²) >= 11 is 0.